The van der Waals surface area contributed by atoms with Crippen LogP contribution < -0.4 is 5.56 Å². The number of unbranched alkanes of at least 4 members (excludes halogenated alkanes) is 3. The second kappa shape index (κ2) is 8.87. The molecule has 0 saturated carbocycles. The molecule has 1 amide bonds. The van der Waals surface area contributed by atoms with Crippen LogP contribution in [0.3, 0.4) is 0 Å². The minimum atomic E-state index is -0.0168. The average molecular weight is 347 g/mol. The Bertz CT molecular complexity index is 756. The lowest BCUT2D eigenvalue weighted by atomic mass is 10.2. The van der Waals surface area contributed by atoms with Crippen molar-refractivity contribution in [2.75, 3.05) is 19.8 Å². The number of hydrogen-bond acceptors (Lipinski definition) is 4. The second-order valence-corrected chi connectivity index (χ2v) is 6.95. The first-order valence-corrected chi connectivity index (χ1v) is 9.35. The number of carbonyl (C=O) groups is 1. The predicted molar refractivity (Wildman–Crippen MR) is 99.6 cm³/mol. The van der Waals surface area contributed by atoms with E-state index < -0.39 is 0 Å². The van der Waals surface area contributed by atoms with E-state index >= 15 is 0 Å². The zero-order chi connectivity index (χ0) is 17.5. The van der Waals surface area contributed by atoms with Crippen molar-refractivity contribution in [2.24, 2.45) is 0 Å². The van der Waals surface area contributed by atoms with Gasteiger partial charge in [0.25, 0.3) is 5.56 Å². The highest BCUT2D eigenvalue weighted by Gasteiger charge is 2.13. The molecule has 0 aliphatic rings. The van der Waals surface area contributed by atoms with Gasteiger partial charge < -0.3 is 4.90 Å². The van der Waals surface area contributed by atoms with Crippen LogP contribution in [0.25, 0.3) is 10.9 Å². The van der Waals surface area contributed by atoms with Gasteiger partial charge in [-0.15, -0.1) is 0 Å². The number of para-hydroxylation sites is 1. The normalized spacial score (nSPS) is 11.0. The Morgan fingerprint density at radius 2 is 1.96 bits per heavy atom. The summed E-state index contributed by atoms with van der Waals surface area (Å²) in [7, 11) is 3.46. The van der Waals surface area contributed by atoms with E-state index in [0.717, 1.165) is 25.7 Å². The van der Waals surface area contributed by atoms with Crippen molar-refractivity contribution in [2.45, 2.75) is 44.3 Å². The highest BCUT2D eigenvalue weighted by atomic mass is 32.2. The molecule has 0 aliphatic carbocycles. The number of carbonyl (C=O) groups excluding carboxylic acids is 1. The number of aromatic nitrogens is 2. The molecule has 0 saturated heterocycles. The van der Waals surface area contributed by atoms with Crippen LogP contribution in [0.15, 0.2) is 34.2 Å². The summed E-state index contributed by atoms with van der Waals surface area (Å²) in [5.74, 6) is 0.298. The molecule has 0 atom stereocenters. The number of nitrogens with zero attached hydrogens (tertiary/aromatic N) is 3. The lowest BCUT2D eigenvalue weighted by Crippen LogP contribution is -2.26. The van der Waals surface area contributed by atoms with Gasteiger partial charge in [0.05, 0.1) is 16.7 Å². The van der Waals surface area contributed by atoms with Crippen LogP contribution >= 0.6 is 11.8 Å². The predicted octanol–water partition coefficient (Wildman–Crippen LogP) is 3.16. The molecule has 1 aromatic heterocycles. The number of hydrogen-bond donors (Lipinski definition) is 0. The fraction of sp³-hybridized carbons (Fsp3) is 0.500. The first kappa shape index (κ1) is 18.5. The summed E-state index contributed by atoms with van der Waals surface area (Å²) in [6, 6.07) is 7.39. The van der Waals surface area contributed by atoms with Crippen LogP contribution in [-0.2, 0) is 11.3 Å². The third-order valence-electron chi connectivity index (χ3n) is 3.89. The minimum absolute atomic E-state index is 0.0138. The number of thioether (sulfide) groups is 1. The van der Waals surface area contributed by atoms with Crippen LogP contribution in [0.2, 0.25) is 0 Å². The first-order chi connectivity index (χ1) is 11.5. The Morgan fingerprint density at radius 1 is 1.21 bits per heavy atom. The summed E-state index contributed by atoms with van der Waals surface area (Å²) < 4.78 is 1.73. The molecule has 2 rings (SSSR count). The Kier molecular flexibility index (Phi) is 6.85. The van der Waals surface area contributed by atoms with E-state index in [1.165, 1.54) is 11.8 Å². The summed E-state index contributed by atoms with van der Waals surface area (Å²) >= 11 is 1.34. The van der Waals surface area contributed by atoms with Crippen molar-refractivity contribution >= 4 is 28.6 Å². The van der Waals surface area contributed by atoms with Crippen molar-refractivity contribution in [3.8, 4) is 0 Å². The van der Waals surface area contributed by atoms with E-state index in [0.29, 0.717) is 22.6 Å². The summed E-state index contributed by atoms with van der Waals surface area (Å²) in [4.78, 5) is 30.8. The standard InChI is InChI=1S/C18H25N3O2S/c1-4-5-6-9-12-21-17(23)14-10-7-8-11-15(14)19-18(21)24-13-16(22)20(2)3/h7-8,10-11H,4-6,9,12-13H2,1-3H3. The molecular weight excluding hydrogens is 322 g/mol. The molecule has 1 aromatic carbocycles. The van der Waals surface area contributed by atoms with Gasteiger partial charge in [-0.05, 0) is 18.6 Å². The molecule has 2 aromatic rings. The Labute approximate surface area is 147 Å². The summed E-state index contributed by atoms with van der Waals surface area (Å²) in [6.45, 7) is 2.81. The van der Waals surface area contributed by atoms with Gasteiger partial charge in [0, 0.05) is 20.6 Å². The highest BCUT2D eigenvalue weighted by Crippen LogP contribution is 2.19. The SMILES string of the molecule is CCCCCCn1c(SCC(=O)N(C)C)nc2ccccc2c1=O. The number of rotatable bonds is 8. The second-order valence-electron chi connectivity index (χ2n) is 6.01. The van der Waals surface area contributed by atoms with E-state index in [9.17, 15) is 9.59 Å². The summed E-state index contributed by atoms with van der Waals surface area (Å²) in [6.07, 6.45) is 4.36. The molecule has 0 radical (unpaired) electrons. The van der Waals surface area contributed by atoms with Crippen LogP contribution in [0.5, 0.6) is 0 Å². The Morgan fingerprint density at radius 3 is 2.67 bits per heavy atom. The fourth-order valence-electron chi connectivity index (χ4n) is 2.41. The van der Waals surface area contributed by atoms with Gasteiger partial charge in [-0.1, -0.05) is 50.1 Å². The maximum Gasteiger partial charge on any atom is 0.262 e. The van der Waals surface area contributed by atoms with Gasteiger partial charge in [0.2, 0.25) is 5.91 Å². The van der Waals surface area contributed by atoms with Crippen LogP contribution in [0, 0.1) is 0 Å². The third-order valence-corrected chi connectivity index (χ3v) is 4.85. The van der Waals surface area contributed by atoms with Crippen LogP contribution in [-0.4, -0.2) is 40.2 Å². The number of amides is 1. The first-order valence-electron chi connectivity index (χ1n) is 8.37. The lowest BCUT2D eigenvalue weighted by molar-refractivity contribution is -0.125. The smallest absolute Gasteiger partial charge is 0.262 e. The zero-order valence-corrected chi connectivity index (χ0v) is 15.4. The van der Waals surface area contributed by atoms with Gasteiger partial charge in [0.15, 0.2) is 5.16 Å². The van der Waals surface area contributed by atoms with Crippen molar-refractivity contribution in [1.82, 2.24) is 14.5 Å². The molecule has 0 fully saturated rings. The summed E-state index contributed by atoms with van der Waals surface area (Å²) in [5, 5.41) is 1.27. The number of benzene rings is 1. The molecule has 0 N–H and O–H groups in total. The van der Waals surface area contributed by atoms with Crippen molar-refractivity contribution in [3.63, 3.8) is 0 Å². The molecule has 0 bridgehead atoms. The molecule has 0 aliphatic heterocycles. The van der Waals surface area contributed by atoms with E-state index in [1.807, 2.05) is 24.3 Å². The molecule has 5 nitrogen and oxygen atoms in total. The van der Waals surface area contributed by atoms with Gasteiger partial charge in [-0.2, -0.15) is 0 Å². The van der Waals surface area contributed by atoms with Crippen LogP contribution in [0.4, 0.5) is 0 Å². The minimum Gasteiger partial charge on any atom is -0.348 e. The average Bonchev–Trinajstić information content (AvgIpc) is 2.58. The third kappa shape index (κ3) is 4.60. The Balaban J connectivity index is 2.31. The molecule has 1 heterocycles. The topological polar surface area (TPSA) is 55.2 Å². The van der Waals surface area contributed by atoms with E-state index in [1.54, 1.807) is 23.6 Å². The Hall–Kier alpha value is -1.82. The largest absolute Gasteiger partial charge is 0.348 e. The molecule has 130 valence electrons. The molecule has 0 unspecified atom stereocenters. The van der Waals surface area contributed by atoms with Crippen molar-refractivity contribution in [3.05, 3.63) is 34.6 Å². The molecular formula is C18H25N3O2S. The number of fused-ring (bicyclic) bond motifs is 1. The highest BCUT2D eigenvalue weighted by molar-refractivity contribution is 7.99. The van der Waals surface area contributed by atoms with E-state index in [2.05, 4.69) is 11.9 Å². The van der Waals surface area contributed by atoms with Crippen LogP contribution in [0.1, 0.15) is 32.6 Å². The summed E-state index contributed by atoms with van der Waals surface area (Å²) in [5.41, 5.74) is 0.670. The quantitative estimate of drug-likeness (QED) is 0.418. The fourth-order valence-corrected chi connectivity index (χ4v) is 3.41. The molecule has 6 heteroatoms. The maximum absolute atomic E-state index is 12.8. The van der Waals surface area contributed by atoms with Gasteiger partial charge in [0.1, 0.15) is 0 Å². The van der Waals surface area contributed by atoms with E-state index in [-0.39, 0.29) is 17.2 Å². The lowest BCUT2D eigenvalue weighted by Gasteiger charge is -2.14. The maximum atomic E-state index is 12.8. The van der Waals surface area contributed by atoms with Crippen molar-refractivity contribution < 1.29 is 4.79 Å². The monoisotopic (exact) mass is 347 g/mol. The van der Waals surface area contributed by atoms with Gasteiger partial charge in [-0.3, -0.25) is 14.2 Å². The zero-order valence-electron chi connectivity index (χ0n) is 14.6. The van der Waals surface area contributed by atoms with Gasteiger partial charge >= 0.3 is 0 Å². The molecule has 0 spiro atoms. The van der Waals surface area contributed by atoms with E-state index in [4.69, 9.17) is 0 Å². The molecule has 24 heavy (non-hydrogen) atoms. The van der Waals surface area contributed by atoms with Crippen molar-refractivity contribution in [1.29, 1.82) is 0 Å². The van der Waals surface area contributed by atoms with Gasteiger partial charge in [-0.25, -0.2) is 4.98 Å².